The highest BCUT2D eigenvalue weighted by Gasteiger charge is 2.00. The quantitative estimate of drug-likeness (QED) is 0.729. The van der Waals surface area contributed by atoms with Gasteiger partial charge in [-0.05, 0) is 6.07 Å². The molecule has 0 unspecified atom stereocenters. The second-order valence-electron chi connectivity index (χ2n) is 2.19. The third-order valence-corrected chi connectivity index (χ3v) is 1.03. The highest BCUT2D eigenvalue weighted by atomic mass is 16.4. The summed E-state index contributed by atoms with van der Waals surface area (Å²) in [5.41, 5.74) is 0. The van der Waals surface area contributed by atoms with E-state index in [4.69, 9.17) is 10.2 Å². The number of carboxylic acids is 2. The Morgan fingerprint density at radius 1 is 1.00 bits per heavy atom. The minimum Gasteiger partial charge on any atom is -0.481 e. The van der Waals surface area contributed by atoms with Crippen LogP contribution >= 0.6 is 0 Å². The van der Waals surface area contributed by atoms with Crippen molar-refractivity contribution in [1.82, 2.24) is 9.97 Å². The molecule has 0 aliphatic rings. The summed E-state index contributed by atoms with van der Waals surface area (Å²) in [5.74, 6) is -2.15. The number of hydrogen-bond acceptors (Lipinski definition) is 4. The Hall–Kier alpha value is -1.98. The monoisotopic (exact) mass is 198 g/mol. The molecule has 0 saturated carbocycles. The number of rotatable bonds is 3. The van der Waals surface area contributed by atoms with Crippen molar-refractivity contribution in [2.24, 2.45) is 0 Å². The molecule has 0 bridgehead atoms. The average Bonchev–Trinajstić information content (AvgIpc) is 2.18. The topological polar surface area (TPSA) is 100 Å². The first-order valence-corrected chi connectivity index (χ1v) is 3.76. The van der Waals surface area contributed by atoms with Gasteiger partial charge in [-0.25, -0.2) is 9.97 Å². The fourth-order valence-electron chi connectivity index (χ4n) is 0.467. The van der Waals surface area contributed by atoms with Crippen LogP contribution in [-0.4, -0.2) is 32.1 Å². The van der Waals surface area contributed by atoms with E-state index < -0.39 is 11.9 Å². The van der Waals surface area contributed by atoms with Crippen molar-refractivity contribution in [3.8, 4) is 0 Å². The van der Waals surface area contributed by atoms with Crippen molar-refractivity contribution in [2.45, 2.75) is 12.8 Å². The van der Waals surface area contributed by atoms with E-state index in [2.05, 4.69) is 9.97 Å². The average molecular weight is 198 g/mol. The highest BCUT2D eigenvalue weighted by molar-refractivity contribution is 5.75. The van der Waals surface area contributed by atoms with Gasteiger partial charge in [0.1, 0.15) is 6.33 Å². The molecule has 1 heterocycles. The van der Waals surface area contributed by atoms with E-state index >= 15 is 0 Å². The van der Waals surface area contributed by atoms with Crippen molar-refractivity contribution >= 4 is 11.9 Å². The lowest BCUT2D eigenvalue weighted by atomic mass is 10.3. The molecule has 0 spiro atoms. The van der Waals surface area contributed by atoms with Crippen LogP contribution in [0.5, 0.6) is 0 Å². The molecule has 1 rings (SSSR count). The van der Waals surface area contributed by atoms with Gasteiger partial charge in [-0.1, -0.05) is 0 Å². The molecule has 76 valence electrons. The lowest BCUT2D eigenvalue weighted by Gasteiger charge is -1.85. The van der Waals surface area contributed by atoms with E-state index in [9.17, 15) is 9.59 Å². The van der Waals surface area contributed by atoms with Gasteiger partial charge in [0.05, 0.1) is 12.8 Å². The van der Waals surface area contributed by atoms with Crippen LogP contribution in [0.3, 0.4) is 0 Å². The van der Waals surface area contributed by atoms with Gasteiger partial charge < -0.3 is 10.2 Å². The lowest BCUT2D eigenvalue weighted by molar-refractivity contribution is -0.143. The maximum atomic E-state index is 9.64. The summed E-state index contributed by atoms with van der Waals surface area (Å²) in [7, 11) is 0. The van der Waals surface area contributed by atoms with Gasteiger partial charge in [0.2, 0.25) is 0 Å². The van der Waals surface area contributed by atoms with Crippen LogP contribution in [0.25, 0.3) is 0 Å². The Morgan fingerprint density at radius 3 is 1.57 bits per heavy atom. The summed E-state index contributed by atoms with van der Waals surface area (Å²) in [5, 5.41) is 15.8. The van der Waals surface area contributed by atoms with Crippen LogP contribution in [0, 0.1) is 0 Å². The predicted octanol–water partition coefficient (Wildman–Crippen LogP) is 0.412. The first kappa shape index (κ1) is 12.0. The van der Waals surface area contributed by atoms with Gasteiger partial charge in [0.25, 0.3) is 0 Å². The molecule has 0 radical (unpaired) electrons. The van der Waals surface area contributed by atoms with Crippen LogP contribution in [-0.2, 0) is 9.59 Å². The van der Waals surface area contributed by atoms with Crippen molar-refractivity contribution in [1.29, 1.82) is 0 Å². The van der Waals surface area contributed by atoms with Crippen molar-refractivity contribution in [3.05, 3.63) is 24.8 Å². The van der Waals surface area contributed by atoms with Gasteiger partial charge in [-0.2, -0.15) is 0 Å². The fraction of sp³-hybridized carbons (Fsp3) is 0.250. The molecule has 0 aromatic carbocycles. The number of carboxylic acid groups (broad SMARTS) is 2. The summed E-state index contributed by atoms with van der Waals surface area (Å²) >= 11 is 0. The number of hydrogen-bond donors (Lipinski definition) is 2. The van der Waals surface area contributed by atoms with Gasteiger partial charge in [0, 0.05) is 12.4 Å². The second kappa shape index (κ2) is 7.66. The molecule has 1 aromatic heterocycles. The van der Waals surface area contributed by atoms with E-state index in [0.717, 1.165) is 0 Å². The SMILES string of the molecule is O=C(O)CCC(=O)O.c1cncnc1. The summed E-state index contributed by atoms with van der Waals surface area (Å²) in [4.78, 5) is 26.6. The van der Waals surface area contributed by atoms with E-state index in [1.807, 2.05) is 0 Å². The van der Waals surface area contributed by atoms with E-state index in [1.165, 1.54) is 6.33 Å². The van der Waals surface area contributed by atoms with Crippen LogP contribution in [0.2, 0.25) is 0 Å². The zero-order chi connectivity index (χ0) is 10.8. The fourth-order valence-corrected chi connectivity index (χ4v) is 0.467. The Bertz CT molecular complexity index is 235. The summed E-state index contributed by atoms with van der Waals surface area (Å²) in [6.07, 6.45) is 4.28. The molecule has 2 N–H and O–H groups in total. The Kier molecular flexibility index (Phi) is 6.57. The first-order valence-electron chi connectivity index (χ1n) is 3.76. The number of nitrogens with zero attached hydrogens (tertiary/aromatic N) is 2. The second-order valence-corrected chi connectivity index (χ2v) is 2.19. The minimum atomic E-state index is -1.08. The Balaban J connectivity index is 0.000000249. The molecular formula is C8H10N2O4. The molecule has 6 nitrogen and oxygen atoms in total. The van der Waals surface area contributed by atoms with Gasteiger partial charge in [-0.3, -0.25) is 9.59 Å². The zero-order valence-corrected chi connectivity index (χ0v) is 7.33. The molecule has 14 heavy (non-hydrogen) atoms. The molecule has 0 fully saturated rings. The summed E-state index contributed by atoms with van der Waals surface area (Å²) in [6, 6.07) is 1.78. The van der Waals surface area contributed by atoms with Crippen molar-refractivity contribution in [2.75, 3.05) is 0 Å². The normalized spacial score (nSPS) is 8.29. The Labute approximate surface area is 80.2 Å². The standard InChI is InChI=1S/C4H4N2.C4H6O4/c1-2-5-4-6-3-1;5-3(6)1-2-4(7)8/h1-4H;1-2H2,(H,5,6)(H,7,8). The highest BCUT2D eigenvalue weighted by Crippen LogP contribution is 1.86. The lowest BCUT2D eigenvalue weighted by Crippen LogP contribution is -2.00. The van der Waals surface area contributed by atoms with Crippen LogP contribution in [0.1, 0.15) is 12.8 Å². The molecule has 0 aliphatic heterocycles. The van der Waals surface area contributed by atoms with Gasteiger partial charge in [0.15, 0.2) is 0 Å². The smallest absolute Gasteiger partial charge is 0.303 e. The zero-order valence-electron chi connectivity index (χ0n) is 7.33. The summed E-state index contributed by atoms with van der Waals surface area (Å²) in [6.45, 7) is 0. The maximum Gasteiger partial charge on any atom is 0.303 e. The summed E-state index contributed by atoms with van der Waals surface area (Å²) < 4.78 is 0. The molecular weight excluding hydrogens is 188 g/mol. The van der Waals surface area contributed by atoms with Crippen molar-refractivity contribution < 1.29 is 19.8 Å². The maximum absolute atomic E-state index is 9.64. The molecule has 0 atom stereocenters. The van der Waals surface area contributed by atoms with Gasteiger partial charge in [-0.15, -0.1) is 0 Å². The molecule has 0 amide bonds. The number of aliphatic carboxylic acids is 2. The van der Waals surface area contributed by atoms with E-state index in [1.54, 1.807) is 18.5 Å². The minimum absolute atomic E-state index is 0.296. The molecule has 1 aromatic rings. The Morgan fingerprint density at radius 2 is 1.43 bits per heavy atom. The third-order valence-electron chi connectivity index (χ3n) is 1.03. The van der Waals surface area contributed by atoms with E-state index in [-0.39, 0.29) is 12.8 Å². The van der Waals surface area contributed by atoms with Gasteiger partial charge >= 0.3 is 11.9 Å². The van der Waals surface area contributed by atoms with Crippen LogP contribution in [0.15, 0.2) is 24.8 Å². The third kappa shape index (κ3) is 10.0. The molecule has 6 heteroatoms. The molecule has 0 saturated heterocycles. The number of carbonyl (C=O) groups is 2. The largest absolute Gasteiger partial charge is 0.481 e. The number of aromatic nitrogens is 2. The van der Waals surface area contributed by atoms with Crippen molar-refractivity contribution in [3.63, 3.8) is 0 Å². The first-order chi connectivity index (χ1) is 6.63. The molecule has 0 aliphatic carbocycles. The van der Waals surface area contributed by atoms with E-state index in [0.29, 0.717) is 0 Å². The predicted molar refractivity (Wildman–Crippen MR) is 46.5 cm³/mol. The van der Waals surface area contributed by atoms with Crippen LogP contribution < -0.4 is 0 Å². The van der Waals surface area contributed by atoms with Crippen LogP contribution in [0.4, 0.5) is 0 Å².